The first-order valence-corrected chi connectivity index (χ1v) is 5.56. The number of phenolic OH excluding ortho intramolecular Hbond substituents is 1. The number of rotatable bonds is 3. The lowest BCUT2D eigenvalue weighted by molar-refractivity contribution is 0.0472. The van der Waals surface area contributed by atoms with Crippen LogP contribution in [0.3, 0.4) is 0 Å². The minimum atomic E-state index is -0.672. The van der Waals surface area contributed by atoms with Crippen LogP contribution < -0.4 is 5.73 Å². The number of esters is 1. The number of benzene rings is 2. The molecule has 0 aromatic heterocycles. The molecule has 0 aliphatic heterocycles. The number of carbonyl (C=O) groups excluding carboxylic acids is 1. The molecule has 0 bridgehead atoms. The summed E-state index contributed by atoms with van der Waals surface area (Å²) in [6, 6.07) is 9.85. The zero-order valence-electron chi connectivity index (χ0n) is 9.97. The largest absolute Gasteiger partial charge is 0.508 e. The molecule has 0 aliphatic rings. The van der Waals surface area contributed by atoms with Gasteiger partial charge in [-0.05, 0) is 35.9 Å². The average Bonchev–Trinajstić information content (AvgIpc) is 2.35. The van der Waals surface area contributed by atoms with Crippen molar-refractivity contribution in [1.82, 2.24) is 0 Å². The van der Waals surface area contributed by atoms with Crippen LogP contribution in [0.5, 0.6) is 5.75 Å². The van der Waals surface area contributed by atoms with E-state index in [-0.39, 0.29) is 23.6 Å². The molecule has 0 atom stereocenters. The van der Waals surface area contributed by atoms with Crippen molar-refractivity contribution in [1.29, 1.82) is 0 Å². The van der Waals surface area contributed by atoms with Gasteiger partial charge in [-0.2, -0.15) is 0 Å². The molecule has 0 aliphatic carbocycles. The monoisotopic (exact) mass is 261 g/mol. The van der Waals surface area contributed by atoms with E-state index in [4.69, 9.17) is 10.5 Å². The molecule has 0 saturated carbocycles. The van der Waals surface area contributed by atoms with Crippen LogP contribution in [0.4, 0.5) is 10.1 Å². The Morgan fingerprint density at radius 3 is 2.74 bits per heavy atom. The van der Waals surface area contributed by atoms with Gasteiger partial charge in [0.25, 0.3) is 0 Å². The Morgan fingerprint density at radius 1 is 1.26 bits per heavy atom. The van der Waals surface area contributed by atoms with Gasteiger partial charge in [0.2, 0.25) is 0 Å². The fraction of sp³-hybridized carbons (Fsp3) is 0.0714. The molecular formula is C14H12FNO3. The van der Waals surface area contributed by atoms with Gasteiger partial charge in [-0.15, -0.1) is 0 Å². The number of nitrogen functional groups attached to an aromatic ring is 1. The lowest BCUT2D eigenvalue weighted by Crippen LogP contribution is -2.06. The fourth-order valence-corrected chi connectivity index (χ4v) is 1.61. The standard InChI is InChI=1S/C14H12FNO3/c15-11-5-10(6-12(16)7-11)14(18)19-8-9-2-1-3-13(17)4-9/h1-7,17H,8,16H2. The number of halogens is 1. The second-order valence-electron chi connectivity index (χ2n) is 4.02. The lowest BCUT2D eigenvalue weighted by atomic mass is 10.2. The number of hydrogen-bond donors (Lipinski definition) is 2. The van der Waals surface area contributed by atoms with Crippen LogP contribution >= 0.6 is 0 Å². The van der Waals surface area contributed by atoms with E-state index in [2.05, 4.69) is 0 Å². The third-order valence-electron chi connectivity index (χ3n) is 2.44. The molecule has 0 amide bonds. The first kappa shape index (κ1) is 12.9. The van der Waals surface area contributed by atoms with Gasteiger partial charge >= 0.3 is 5.97 Å². The van der Waals surface area contributed by atoms with Crippen molar-refractivity contribution in [3.05, 3.63) is 59.4 Å². The number of aromatic hydroxyl groups is 1. The van der Waals surface area contributed by atoms with Gasteiger partial charge in [0, 0.05) is 5.69 Å². The Kier molecular flexibility index (Phi) is 3.66. The summed E-state index contributed by atoms with van der Waals surface area (Å²) in [6.07, 6.45) is 0. The maximum absolute atomic E-state index is 13.1. The molecule has 3 N–H and O–H groups in total. The SMILES string of the molecule is Nc1cc(F)cc(C(=O)OCc2cccc(O)c2)c1. The summed E-state index contributed by atoms with van der Waals surface area (Å²) in [7, 11) is 0. The van der Waals surface area contributed by atoms with E-state index >= 15 is 0 Å². The minimum absolute atomic E-state index is 0.0103. The van der Waals surface area contributed by atoms with E-state index in [1.807, 2.05) is 0 Å². The first-order valence-electron chi connectivity index (χ1n) is 5.56. The molecule has 4 nitrogen and oxygen atoms in total. The summed E-state index contributed by atoms with van der Waals surface area (Å²) in [5.41, 5.74) is 6.29. The highest BCUT2D eigenvalue weighted by atomic mass is 19.1. The Balaban J connectivity index is 2.05. The van der Waals surface area contributed by atoms with Gasteiger partial charge in [-0.3, -0.25) is 0 Å². The fourth-order valence-electron chi connectivity index (χ4n) is 1.61. The summed E-state index contributed by atoms with van der Waals surface area (Å²) in [5.74, 6) is -1.18. The van der Waals surface area contributed by atoms with Crippen molar-refractivity contribution in [2.75, 3.05) is 5.73 Å². The highest BCUT2D eigenvalue weighted by Crippen LogP contribution is 2.15. The molecule has 2 aromatic rings. The first-order chi connectivity index (χ1) is 9.04. The van der Waals surface area contributed by atoms with Crippen LogP contribution in [-0.2, 0) is 11.3 Å². The third-order valence-corrected chi connectivity index (χ3v) is 2.44. The van der Waals surface area contributed by atoms with Crippen LogP contribution in [0.1, 0.15) is 15.9 Å². The summed E-state index contributed by atoms with van der Waals surface area (Å²) in [4.78, 5) is 11.7. The quantitative estimate of drug-likeness (QED) is 0.657. The molecule has 0 saturated heterocycles. The molecule has 0 fully saturated rings. The topological polar surface area (TPSA) is 72.6 Å². The van der Waals surface area contributed by atoms with Crippen molar-refractivity contribution < 1.29 is 19.0 Å². The van der Waals surface area contributed by atoms with Gasteiger partial charge in [0.15, 0.2) is 0 Å². The Labute approximate surface area is 109 Å². The maximum atomic E-state index is 13.1. The van der Waals surface area contributed by atoms with E-state index in [1.165, 1.54) is 18.2 Å². The number of hydrogen-bond acceptors (Lipinski definition) is 4. The van der Waals surface area contributed by atoms with Gasteiger partial charge in [0.1, 0.15) is 18.2 Å². The van der Waals surface area contributed by atoms with E-state index < -0.39 is 11.8 Å². The molecule has 5 heteroatoms. The normalized spacial score (nSPS) is 10.2. The predicted octanol–water partition coefficient (Wildman–Crippen LogP) is 2.47. The van der Waals surface area contributed by atoms with Crippen LogP contribution in [0, 0.1) is 5.82 Å². The third kappa shape index (κ3) is 3.45. The highest BCUT2D eigenvalue weighted by molar-refractivity contribution is 5.90. The molecule has 2 aromatic carbocycles. The van der Waals surface area contributed by atoms with Crippen molar-refractivity contribution in [3.8, 4) is 5.75 Å². The minimum Gasteiger partial charge on any atom is -0.508 e. The van der Waals surface area contributed by atoms with E-state index in [1.54, 1.807) is 12.1 Å². The van der Waals surface area contributed by atoms with Gasteiger partial charge < -0.3 is 15.6 Å². The zero-order chi connectivity index (χ0) is 13.8. The Bertz CT molecular complexity index is 593. The Hall–Kier alpha value is -2.56. The lowest BCUT2D eigenvalue weighted by Gasteiger charge is -2.06. The van der Waals surface area contributed by atoms with Crippen molar-refractivity contribution in [2.45, 2.75) is 6.61 Å². The van der Waals surface area contributed by atoms with E-state index in [0.29, 0.717) is 5.56 Å². The number of carbonyl (C=O) groups is 1. The molecule has 0 spiro atoms. The second kappa shape index (κ2) is 5.39. The number of anilines is 1. The summed E-state index contributed by atoms with van der Waals surface area (Å²) in [6.45, 7) is -0.0103. The number of nitrogens with two attached hydrogens (primary N) is 1. The van der Waals surface area contributed by atoms with Crippen LogP contribution in [0.2, 0.25) is 0 Å². The second-order valence-corrected chi connectivity index (χ2v) is 4.02. The number of ether oxygens (including phenoxy) is 1. The van der Waals surface area contributed by atoms with E-state index in [0.717, 1.165) is 12.1 Å². The number of phenols is 1. The molecule has 19 heavy (non-hydrogen) atoms. The van der Waals surface area contributed by atoms with Crippen molar-refractivity contribution >= 4 is 11.7 Å². The van der Waals surface area contributed by atoms with E-state index in [9.17, 15) is 14.3 Å². The highest BCUT2D eigenvalue weighted by Gasteiger charge is 2.10. The molecule has 2 rings (SSSR count). The van der Waals surface area contributed by atoms with Crippen molar-refractivity contribution in [3.63, 3.8) is 0 Å². The molecular weight excluding hydrogens is 249 g/mol. The molecule has 98 valence electrons. The van der Waals surface area contributed by atoms with Crippen LogP contribution in [0.15, 0.2) is 42.5 Å². The zero-order valence-corrected chi connectivity index (χ0v) is 9.97. The Morgan fingerprint density at radius 2 is 2.05 bits per heavy atom. The summed E-state index contributed by atoms with van der Waals surface area (Å²) < 4.78 is 18.1. The van der Waals surface area contributed by atoms with Gasteiger partial charge in [-0.1, -0.05) is 12.1 Å². The van der Waals surface area contributed by atoms with Gasteiger partial charge in [0.05, 0.1) is 5.56 Å². The van der Waals surface area contributed by atoms with Crippen LogP contribution in [0.25, 0.3) is 0 Å². The maximum Gasteiger partial charge on any atom is 0.338 e. The molecule has 0 radical (unpaired) electrons. The molecule has 0 unspecified atom stereocenters. The smallest absolute Gasteiger partial charge is 0.338 e. The average molecular weight is 261 g/mol. The van der Waals surface area contributed by atoms with Crippen LogP contribution in [-0.4, -0.2) is 11.1 Å². The summed E-state index contributed by atoms with van der Waals surface area (Å²) >= 11 is 0. The summed E-state index contributed by atoms with van der Waals surface area (Å²) in [5, 5.41) is 9.26. The van der Waals surface area contributed by atoms with Gasteiger partial charge in [-0.25, -0.2) is 9.18 Å². The van der Waals surface area contributed by atoms with Crippen molar-refractivity contribution in [2.24, 2.45) is 0 Å². The molecule has 0 heterocycles. The predicted molar refractivity (Wildman–Crippen MR) is 68.0 cm³/mol.